The molecule has 0 saturated carbocycles. The molecule has 1 heterocycles. The van der Waals surface area contributed by atoms with Crippen molar-refractivity contribution in [3.8, 4) is 5.75 Å². The minimum absolute atomic E-state index is 0.269. The highest BCUT2D eigenvalue weighted by Crippen LogP contribution is 2.31. The van der Waals surface area contributed by atoms with Crippen molar-refractivity contribution < 1.29 is 22.7 Å². The summed E-state index contributed by atoms with van der Waals surface area (Å²) in [6.07, 6.45) is -2.87. The molecule has 0 atom stereocenters. The van der Waals surface area contributed by atoms with Crippen molar-refractivity contribution in [2.45, 2.75) is 12.8 Å². The molecule has 152 valence electrons. The summed E-state index contributed by atoms with van der Waals surface area (Å²) in [4.78, 5) is 15.8. The molecule has 2 N–H and O–H groups in total. The topological polar surface area (TPSA) is 54.1 Å². The number of hydrogen-bond acceptors (Lipinski definition) is 2. The third kappa shape index (κ3) is 4.15. The molecular weight excluding hydrogens is 393 g/mol. The van der Waals surface area contributed by atoms with E-state index in [1.807, 2.05) is 42.5 Å². The Kier molecular flexibility index (Phi) is 5.18. The zero-order valence-corrected chi connectivity index (χ0v) is 15.7. The number of hydrogen-bond donors (Lipinski definition) is 2. The van der Waals surface area contributed by atoms with E-state index in [9.17, 15) is 18.0 Å². The fourth-order valence-corrected chi connectivity index (χ4v) is 3.13. The number of alkyl halides is 3. The molecule has 0 spiro atoms. The highest BCUT2D eigenvalue weighted by atomic mass is 19.4. The van der Waals surface area contributed by atoms with Crippen LogP contribution < -0.4 is 10.1 Å². The molecule has 0 saturated heterocycles. The van der Waals surface area contributed by atoms with Crippen molar-refractivity contribution in [1.29, 1.82) is 0 Å². The highest BCUT2D eigenvalue weighted by molar-refractivity contribution is 6.14. The van der Waals surface area contributed by atoms with Gasteiger partial charge in [-0.1, -0.05) is 36.4 Å². The molecule has 7 heteroatoms. The first kappa shape index (κ1) is 19.6. The van der Waals surface area contributed by atoms with E-state index in [1.54, 1.807) is 12.3 Å². The van der Waals surface area contributed by atoms with Crippen LogP contribution in [0, 0.1) is 0 Å². The highest BCUT2D eigenvalue weighted by Gasteiger charge is 2.30. The number of fused-ring (bicyclic) bond motifs is 1. The Balaban J connectivity index is 1.57. The minimum atomic E-state index is -4.43. The van der Waals surface area contributed by atoms with E-state index in [4.69, 9.17) is 4.74 Å². The SMILES string of the molecule is O=C(Nc1ccc(C(F)(F)F)cc1)c1c[nH]c2cccc(OCc3ccccc3)c12. The minimum Gasteiger partial charge on any atom is -0.488 e. The summed E-state index contributed by atoms with van der Waals surface area (Å²) < 4.78 is 44.1. The van der Waals surface area contributed by atoms with Gasteiger partial charge in [0, 0.05) is 17.4 Å². The van der Waals surface area contributed by atoms with Crippen molar-refractivity contribution in [3.05, 3.63) is 95.7 Å². The summed E-state index contributed by atoms with van der Waals surface area (Å²) in [6, 6.07) is 19.3. The number of carbonyl (C=O) groups is 1. The van der Waals surface area contributed by atoms with Crippen LogP contribution in [0.15, 0.2) is 79.0 Å². The van der Waals surface area contributed by atoms with Crippen LogP contribution >= 0.6 is 0 Å². The second-order valence-corrected chi connectivity index (χ2v) is 6.68. The first-order valence-corrected chi connectivity index (χ1v) is 9.17. The van der Waals surface area contributed by atoms with E-state index in [1.165, 1.54) is 12.1 Å². The number of aromatic nitrogens is 1. The van der Waals surface area contributed by atoms with E-state index >= 15 is 0 Å². The second-order valence-electron chi connectivity index (χ2n) is 6.68. The fraction of sp³-hybridized carbons (Fsp3) is 0.0870. The first-order valence-electron chi connectivity index (χ1n) is 9.17. The predicted molar refractivity (Wildman–Crippen MR) is 108 cm³/mol. The summed E-state index contributed by atoms with van der Waals surface area (Å²) in [5, 5.41) is 3.24. The lowest BCUT2D eigenvalue weighted by Crippen LogP contribution is -2.12. The van der Waals surface area contributed by atoms with Gasteiger partial charge in [0.25, 0.3) is 5.91 Å². The van der Waals surface area contributed by atoms with Crippen molar-refractivity contribution in [3.63, 3.8) is 0 Å². The molecule has 0 aliphatic rings. The Morgan fingerprint density at radius 2 is 1.67 bits per heavy atom. The largest absolute Gasteiger partial charge is 0.488 e. The van der Waals surface area contributed by atoms with E-state index in [0.29, 0.717) is 23.3 Å². The molecule has 1 aromatic heterocycles. The van der Waals surface area contributed by atoms with Gasteiger partial charge in [-0.25, -0.2) is 0 Å². The number of anilines is 1. The Labute approximate surface area is 170 Å². The van der Waals surface area contributed by atoms with Crippen LogP contribution in [0.5, 0.6) is 5.75 Å². The van der Waals surface area contributed by atoms with E-state index < -0.39 is 17.6 Å². The number of ether oxygens (including phenoxy) is 1. The fourth-order valence-electron chi connectivity index (χ4n) is 3.13. The van der Waals surface area contributed by atoms with Crippen LogP contribution in [-0.4, -0.2) is 10.9 Å². The Morgan fingerprint density at radius 1 is 0.933 bits per heavy atom. The van der Waals surface area contributed by atoms with Crippen molar-refractivity contribution in [1.82, 2.24) is 4.98 Å². The molecule has 4 nitrogen and oxygen atoms in total. The number of rotatable bonds is 5. The second kappa shape index (κ2) is 7.94. The molecule has 0 unspecified atom stereocenters. The van der Waals surface area contributed by atoms with Crippen molar-refractivity contribution in [2.75, 3.05) is 5.32 Å². The van der Waals surface area contributed by atoms with Crippen LogP contribution in [0.1, 0.15) is 21.5 Å². The summed E-state index contributed by atoms with van der Waals surface area (Å²) >= 11 is 0. The van der Waals surface area contributed by atoms with E-state index in [2.05, 4.69) is 10.3 Å². The summed E-state index contributed by atoms with van der Waals surface area (Å²) in [7, 11) is 0. The van der Waals surface area contributed by atoms with Crippen molar-refractivity contribution in [2.24, 2.45) is 0 Å². The summed E-state index contributed by atoms with van der Waals surface area (Å²) in [5.74, 6) is 0.0898. The molecular formula is C23H17F3N2O2. The zero-order chi connectivity index (χ0) is 21.1. The standard InChI is InChI=1S/C23H17F3N2O2/c24-23(25,26)16-9-11-17(12-10-16)28-22(29)18-13-27-19-7-4-8-20(21(18)19)30-14-15-5-2-1-3-6-15/h1-13,27H,14H2,(H,28,29). The molecule has 4 rings (SSSR count). The van der Waals surface area contributed by atoms with Crippen LogP contribution in [0.4, 0.5) is 18.9 Å². The average Bonchev–Trinajstić information content (AvgIpc) is 3.18. The molecule has 0 aliphatic carbocycles. The monoisotopic (exact) mass is 410 g/mol. The van der Waals surface area contributed by atoms with Gasteiger partial charge >= 0.3 is 6.18 Å². The molecule has 30 heavy (non-hydrogen) atoms. The van der Waals surface area contributed by atoms with Gasteiger partial charge < -0.3 is 15.0 Å². The third-order valence-corrected chi connectivity index (χ3v) is 4.62. The maximum absolute atomic E-state index is 12.8. The van der Waals surface area contributed by atoms with E-state index in [0.717, 1.165) is 23.2 Å². The molecule has 0 radical (unpaired) electrons. The van der Waals surface area contributed by atoms with Gasteiger partial charge in [-0.2, -0.15) is 13.2 Å². The number of nitrogens with one attached hydrogen (secondary N) is 2. The normalized spacial score (nSPS) is 11.4. The number of H-pyrrole nitrogens is 1. The van der Waals surface area contributed by atoms with Gasteiger partial charge in [0.05, 0.1) is 16.5 Å². The molecule has 3 aromatic carbocycles. The smallest absolute Gasteiger partial charge is 0.416 e. The van der Waals surface area contributed by atoms with E-state index in [-0.39, 0.29) is 5.69 Å². The number of aromatic amines is 1. The van der Waals surface area contributed by atoms with Gasteiger partial charge in [0.2, 0.25) is 0 Å². The molecule has 0 fully saturated rings. The molecule has 0 aliphatic heterocycles. The third-order valence-electron chi connectivity index (χ3n) is 4.62. The quantitative estimate of drug-likeness (QED) is 0.423. The summed E-state index contributed by atoms with van der Waals surface area (Å²) in [6.45, 7) is 0.338. The predicted octanol–water partition coefficient (Wildman–Crippen LogP) is 6.02. The van der Waals surface area contributed by atoms with Gasteiger partial charge in [-0.15, -0.1) is 0 Å². The van der Waals surface area contributed by atoms with Gasteiger partial charge in [-0.3, -0.25) is 4.79 Å². The lowest BCUT2D eigenvalue weighted by molar-refractivity contribution is -0.137. The number of amides is 1. The molecule has 0 bridgehead atoms. The Morgan fingerprint density at radius 3 is 2.37 bits per heavy atom. The number of carbonyl (C=O) groups excluding carboxylic acids is 1. The maximum Gasteiger partial charge on any atom is 0.416 e. The average molecular weight is 410 g/mol. The summed E-state index contributed by atoms with van der Waals surface area (Å²) in [5.41, 5.74) is 1.54. The Bertz CT molecular complexity index is 1170. The van der Waals surface area contributed by atoms with Gasteiger partial charge in [0.1, 0.15) is 12.4 Å². The molecule has 4 aromatic rings. The maximum atomic E-state index is 12.8. The van der Waals surface area contributed by atoms with Crippen LogP contribution in [0.3, 0.4) is 0 Å². The first-order chi connectivity index (χ1) is 14.4. The number of halogens is 3. The zero-order valence-electron chi connectivity index (χ0n) is 15.7. The van der Waals surface area contributed by atoms with Crippen LogP contribution in [0.25, 0.3) is 10.9 Å². The van der Waals surface area contributed by atoms with Crippen molar-refractivity contribution >= 4 is 22.5 Å². The van der Waals surface area contributed by atoms with Gasteiger partial charge in [-0.05, 0) is 42.0 Å². The number of benzene rings is 3. The molecule has 1 amide bonds. The Hall–Kier alpha value is -3.74. The van der Waals surface area contributed by atoms with Crippen LogP contribution in [-0.2, 0) is 12.8 Å². The lowest BCUT2D eigenvalue weighted by atomic mass is 10.1. The lowest BCUT2D eigenvalue weighted by Gasteiger charge is -2.10. The van der Waals surface area contributed by atoms with Gasteiger partial charge in [0.15, 0.2) is 0 Å². The van der Waals surface area contributed by atoms with Crippen LogP contribution in [0.2, 0.25) is 0 Å².